The van der Waals surface area contributed by atoms with Gasteiger partial charge in [-0.15, -0.1) is 0 Å². The highest BCUT2D eigenvalue weighted by Crippen LogP contribution is 2.22. The van der Waals surface area contributed by atoms with E-state index in [-0.39, 0.29) is 74.2 Å². The molecule has 0 aromatic rings. The SMILES string of the molecule is CC[C@H](C)[C@@H]1NC(=O)[C@@H]2CCCN2C(=O)[C@H](CC(C)C)NC(=O)[C@H](C)NC(=O)[C@H](CC(C)C)NC(=O)[C@H](C(C)C)NC(=O)[C@H](CC(C)C)NC(=O)[C@H](CC(C)C)NC(=O)[C@H](CC(C)C)NC1=O. The number of carbonyl (C=O) groups is 9. The second kappa shape index (κ2) is 27.3. The highest BCUT2D eigenvalue weighted by molar-refractivity contribution is 5.99. The number of amides is 9. The highest BCUT2D eigenvalue weighted by Gasteiger charge is 2.41. The maximum Gasteiger partial charge on any atom is 0.245 e. The van der Waals surface area contributed by atoms with Crippen LogP contribution in [-0.4, -0.2) is 119 Å². The van der Waals surface area contributed by atoms with Gasteiger partial charge in [0.25, 0.3) is 0 Å². The van der Waals surface area contributed by atoms with E-state index in [1.807, 2.05) is 83.1 Å². The Morgan fingerprint density at radius 3 is 1.18 bits per heavy atom. The van der Waals surface area contributed by atoms with Gasteiger partial charge in [-0.3, -0.25) is 43.2 Å². The van der Waals surface area contributed by atoms with Crippen molar-refractivity contribution in [1.82, 2.24) is 47.4 Å². The predicted molar refractivity (Wildman–Crippen MR) is 257 cm³/mol. The van der Waals surface area contributed by atoms with E-state index in [1.165, 1.54) is 11.8 Å². The van der Waals surface area contributed by atoms with E-state index < -0.39 is 113 Å². The summed E-state index contributed by atoms with van der Waals surface area (Å²) in [4.78, 5) is 129. The van der Waals surface area contributed by atoms with E-state index in [0.29, 0.717) is 19.3 Å². The Labute approximate surface area is 400 Å². The third-order valence-electron chi connectivity index (χ3n) is 12.3. The molecule has 382 valence electrons. The zero-order valence-corrected chi connectivity index (χ0v) is 43.2. The van der Waals surface area contributed by atoms with E-state index in [0.717, 1.165) is 0 Å². The summed E-state index contributed by atoms with van der Waals surface area (Å²) in [6.45, 7) is 27.7. The average Bonchev–Trinajstić information content (AvgIpc) is 3.71. The van der Waals surface area contributed by atoms with Gasteiger partial charge >= 0.3 is 0 Å². The smallest absolute Gasteiger partial charge is 0.245 e. The van der Waals surface area contributed by atoms with Gasteiger partial charge in [-0.1, -0.05) is 103 Å². The molecule has 0 aliphatic carbocycles. The summed E-state index contributed by atoms with van der Waals surface area (Å²) in [5, 5.41) is 22.6. The molecule has 2 saturated heterocycles. The molecule has 67 heavy (non-hydrogen) atoms. The van der Waals surface area contributed by atoms with Crippen molar-refractivity contribution < 1.29 is 43.2 Å². The predicted octanol–water partition coefficient (Wildman–Crippen LogP) is 2.82. The van der Waals surface area contributed by atoms with Crippen LogP contribution in [0.25, 0.3) is 0 Å². The fourth-order valence-corrected chi connectivity index (χ4v) is 8.49. The minimum atomic E-state index is -1.14. The van der Waals surface area contributed by atoms with Gasteiger partial charge in [0.05, 0.1) is 0 Å². The Balaban J connectivity index is 2.77. The third kappa shape index (κ3) is 18.7. The normalized spacial score (nSPS) is 28.1. The monoisotopic (exact) mass is 946 g/mol. The maximum atomic E-state index is 14.3. The first-order chi connectivity index (χ1) is 31.2. The Morgan fingerprint density at radius 1 is 0.433 bits per heavy atom. The number of nitrogens with one attached hydrogen (secondary N) is 8. The number of carbonyl (C=O) groups excluding carboxylic acids is 9. The van der Waals surface area contributed by atoms with Crippen molar-refractivity contribution in [3.05, 3.63) is 0 Å². The quantitative estimate of drug-likeness (QED) is 0.135. The maximum absolute atomic E-state index is 14.3. The molecule has 0 radical (unpaired) electrons. The number of hydrogen-bond acceptors (Lipinski definition) is 9. The molecule has 0 aromatic carbocycles. The van der Waals surface area contributed by atoms with Gasteiger partial charge in [-0.2, -0.15) is 0 Å². The van der Waals surface area contributed by atoms with Crippen LogP contribution >= 0.6 is 0 Å². The summed E-state index contributed by atoms with van der Waals surface area (Å²) in [6.07, 6.45) is 2.35. The van der Waals surface area contributed by atoms with Gasteiger partial charge in [0.1, 0.15) is 54.4 Å². The summed E-state index contributed by atoms with van der Waals surface area (Å²) in [6, 6.07) is -9.78. The molecule has 9 amide bonds. The molecule has 2 aliphatic heterocycles. The van der Waals surface area contributed by atoms with Gasteiger partial charge in [0.15, 0.2) is 0 Å². The van der Waals surface area contributed by atoms with Crippen LogP contribution in [0.5, 0.6) is 0 Å². The fourth-order valence-electron chi connectivity index (χ4n) is 8.49. The van der Waals surface area contributed by atoms with Crippen LogP contribution in [0, 0.1) is 41.4 Å². The number of nitrogens with zero attached hydrogens (tertiary/aromatic N) is 1. The molecule has 0 saturated carbocycles. The van der Waals surface area contributed by atoms with Crippen LogP contribution in [0.15, 0.2) is 0 Å². The van der Waals surface area contributed by atoms with Crippen molar-refractivity contribution in [2.45, 2.75) is 210 Å². The van der Waals surface area contributed by atoms with Crippen molar-refractivity contribution in [1.29, 1.82) is 0 Å². The molecule has 0 aromatic heterocycles. The Hall–Kier alpha value is -4.77. The summed E-state index contributed by atoms with van der Waals surface area (Å²) in [5.41, 5.74) is 0. The van der Waals surface area contributed by atoms with Crippen LogP contribution in [0.1, 0.15) is 155 Å². The molecule has 2 aliphatic rings. The van der Waals surface area contributed by atoms with Gasteiger partial charge in [-0.25, -0.2) is 0 Å². The van der Waals surface area contributed by atoms with Crippen molar-refractivity contribution in [2.24, 2.45) is 41.4 Å². The van der Waals surface area contributed by atoms with Crippen molar-refractivity contribution in [3.63, 3.8) is 0 Å². The lowest BCUT2D eigenvalue weighted by Crippen LogP contribution is -2.61. The lowest BCUT2D eigenvalue weighted by Gasteiger charge is -2.32. The molecule has 2 rings (SSSR count). The molecule has 0 bridgehead atoms. The van der Waals surface area contributed by atoms with Crippen LogP contribution in [0.2, 0.25) is 0 Å². The van der Waals surface area contributed by atoms with E-state index >= 15 is 0 Å². The Kier molecular flexibility index (Phi) is 23.8. The fraction of sp³-hybridized carbons (Fsp3) is 0.816. The molecule has 0 spiro atoms. The molecular formula is C49H87N9O9. The molecule has 10 atom stereocenters. The van der Waals surface area contributed by atoms with Crippen molar-refractivity contribution in [3.8, 4) is 0 Å². The molecule has 18 heteroatoms. The van der Waals surface area contributed by atoms with Crippen LogP contribution in [-0.2, 0) is 43.2 Å². The van der Waals surface area contributed by atoms with Crippen molar-refractivity contribution in [2.75, 3.05) is 6.54 Å². The number of hydrogen-bond donors (Lipinski definition) is 8. The summed E-state index contributed by atoms with van der Waals surface area (Å²) < 4.78 is 0. The molecule has 2 heterocycles. The molecule has 2 fully saturated rings. The molecule has 0 unspecified atom stereocenters. The zero-order chi connectivity index (χ0) is 51.0. The lowest BCUT2D eigenvalue weighted by molar-refractivity contribution is -0.143. The first-order valence-electron chi connectivity index (χ1n) is 24.9. The number of rotatable bonds is 13. The van der Waals surface area contributed by atoms with E-state index in [4.69, 9.17) is 0 Å². The summed E-state index contributed by atoms with van der Waals surface area (Å²) in [7, 11) is 0. The summed E-state index contributed by atoms with van der Waals surface area (Å²) >= 11 is 0. The van der Waals surface area contributed by atoms with Crippen LogP contribution in [0.4, 0.5) is 0 Å². The van der Waals surface area contributed by atoms with Crippen LogP contribution in [0.3, 0.4) is 0 Å². The Morgan fingerprint density at radius 2 is 0.776 bits per heavy atom. The minimum absolute atomic E-state index is 0.0524. The highest BCUT2D eigenvalue weighted by atomic mass is 16.2. The van der Waals surface area contributed by atoms with E-state index in [2.05, 4.69) is 42.5 Å². The Bertz CT molecular complexity index is 1720. The molecule has 8 N–H and O–H groups in total. The zero-order valence-electron chi connectivity index (χ0n) is 43.2. The van der Waals surface area contributed by atoms with Gasteiger partial charge in [0, 0.05) is 6.54 Å². The van der Waals surface area contributed by atoms with Crippen LogP contribution < -0.4 is 42.5 Å². The largest absolute Gasteiger partial charge is 0.343 e. The average molecular weight is 946 g/mol. The lowest BCUT2D eigenvalue weighted by atomic mass is 9.95. The van der Waals surface area contributed by atoms with Gasteiger partial charge in [0.2, 0.25) is 53.2 Å². The second-order valence-electron chi connectivity index (χ2n) is 21.5. The first-order valence-corrected chi connectivity index (χ1v) is 24.9. The second-order valence-corrected chi connectivity index (χ2v) is 21.5. The minimum Gasteiger partial charge on any atom is -0.343 e. The van der Waals surface area contributed by atoms with E-state index in [9.17, 15) is 43.2 Å². The topological polar surface area (TPSA) is 253 Å². The van der Waals surface area contributed by atoms with Gasteiger partial charge < -0.3 is 47.4 Å². The third-order valence-corrected chi connectivity index (χ3v) is 12.3. The van der Waals surface area contributed by atoms with Crippen molar-refractivity contribution >= 4 is 53.2 Å². The van der Waals surface area contributed by atoms with E-state index in [1.54, 1.807) is 13.8 Å². The first kappa shape index (κ1) is 58.4. The molecule has 18 nitrogen and oxygen atoms in total. The number of fused-ring (bicyclic) bond motifs is 1. The standard InChI is InChI=1S/C49H87N9O9/c1-16-31(14)40-48(66)54-35(22-27(6)7)44(62)51-34(21-26(4)5)43(61)52-36(23-28(8)9)45(63)56-39(30(12)13)47(65)53-33(20-25(2)3)42(60)50-32(15)41(59)55-37(24-29(10)11)49(67)58-19-17-18-38(58)46(64)57-40/h25-40H,16-24H2,1-15H3,(H,50,60)(H,51,62)(H,52,61)(H,53,65)(H,54,66)(H,55,59)(H,56,63)(H,57,64)/t31-,32-,33-,34-,35-,36-,37-,38-,39-,40-/m0/s1. The molecular weight excluding hydrogens is 859 g/mol. The summed E-state index contributed by atoms with van der Waals surface area (Å²) in [5.74, 6) is -6.62. The van der Waals surface area contributed by atoms with Gasteiger partial charge in [-0.05, 0) is 93.3 Å².